The van der Waals surface area contributed by atoms with Crippen LogP contribution in [0.4, 0.5) is 8.78 Å². The van der Waals surface area contributed by atoms with Crippen LogP contribution in [0.15, 0.2) is 59.6 Å². The monoisotopic (exact) mass is 340 g/mol. The number of hydrogen-bond donors (Lipinski definition) is 0. The number of rotatable bonds is 4. The van der Waals surface area contributed by atoms with E-state index in [1.54, 1.807) is 35.2 Å². The lowest BCUT2D eigenvalue weighted by molar-refractivity contribution is -0.117. The maximum absolute atomic E-state index is 13.3. The molecule has 1 heterocycles. The van der Waals surface area contributed by atoms with Crippen molar-refractivity contribution in [1.82, 2.24) is 4.90 Å². The molecule has 0 saturated carbocycles. The summed E-state index contributed by atoms with van der Waals surface area (Å²) in [5, 5.41) is 0. The molecular weight excluding hydrogens is 322 g/mol. The summed E-state index contributed by atoms with van der Waals surface area (Å²) in [6.45, 7) is 3.95. The Balaban J connectivity index is 2.11. The van der Waals surface area contributed by atoms with Gasteiger partial charge in [-0.25, -0.2) is 8.78 Å². The van der Waals surface area contributed by atoms with Gasteiger partial charge in [0.05, 0.1) is 11.4 Å². The smallest absolute Gasteiger partial charge is 0.215 e. The minimum Gasteiger partial charge on any atom is -0.291 e. The van der Waals surface area contributed by atoms with Gasteiger partial charge in [0.1, 0.15) is 17.8 Å². The highest BCUT2D eigenvalue weighted by atomic mass is 19.1. The van der Waals surface area contributed by atoms with Gasteiger partial charge in [0.2, 0.25) is 6.41 Å². The Bertz CT molecular complexity index is 824. The maximum Gasteiger partial charge on any atom is 0.215 e. The Morgan fingerprint density at radius 3 is 1.96 bits per heavy atom. The van der Waals surface area contributed by atoms with E-state index in [-0.39, 0.29) is 23.7 Å². The van der Waals surface area contributed by atoms with E-state index in [4.69, 9.17) is 0 Å². The van der Waals surface area contributed by atoms with Crippen LogP contribution in [0.1, 0.15) is 25.0 Å². The van der Waals surface area contributed by atoms with E-state index in [0.717, 1.165) is 12.0 Å². The van der Waals surface area contributed by atoms with Crippen molar-refractivity contribution < 1.29 is 13.6 Å². The zero-order valence-electron chi connectivity index (χ0n) is 14.0. The molecule has 0 bridgehead atoms. The third-order valence-electron chi connectivity index (χ3n) is 4.10. The van der Waals surface area contributed by atoms with E-state index < -0.39 is 0 Å². The first-order valence-corrected chi connectivity index (χ1v) is 8.04. The fraction of sp³-hybridized carbons (Fsp3) is 0.200. The molecule has 0 aliphatic carbocycles. The summed E-state index contributed by atoms with van der Waals surface area (Å²) in [4.78, 5) is 17.9. The van der Waals surface area contributed by atoms with Crippen molar-refractivity contribution in [1.29, 1.82) is 0 Å². The Morgan fingerprint density at radius 1 is 0.960 bits per heavy atom. The number of carbonyl (C=O) groups excluding carboxylic acids is 1. The first-order chi connectivity index (χ1) is 12.0. The second-order valence-electron chi connectivity index (χ2n) is 6.23. The molecule has 3 rings (SSSR count). The second-order valence-corrected chi connectivity index (χ2v) is 6.23. The molecular formula is C20H18F2N2O. The number of halogens is 2. The Hall–Kier alpha value is -2.82. The van der Waals surface area contributed by atoms with Crippen molar-refractivity contribution in [2.24, 2.45) is 10.9 Å². The van der Waals surface area contributed by atoms with Crippen molar-refractivity contribution in [3.05, 3.63) is 77.4 Å². The largest absolute Gasteiger partial charge is 0.291 e. The van der Waals surface area contributed by atoms with Crippen molar-refractivity contribution in [3.63, 3.8) is 0 Å². The maximum atomic E-state index is 13.3. The summed E-state index contributed by atoms with van der Waals surface area (Å²) in [5.74, 6) is -0.590. The SMILES string of the molecule is CC(C)C1N=C(c2ccc(F)cc2)C=C(c2ccc(F)cc2)N1C=O. The Labute approximate surface area is 145 Å². The second kappa shape index (κ2) is 6.97. The third-order valence-corrected chi connectivity index (χ3v) is 4.10. The number of amides is 1. The van der Waals surface area contributed by atoms with Crippen molar-refractivity contribution in [2.45, 2.75) is 20.0 Å². The number of hydrogen-bond acceptors (Lipinski definition) is 2. The zero-order chi connectivity index (χ0) is 18.0. The quantitative estimate of drug-likeness (QED) is 0.766. The van der Waals surface area contributed by atoms with Crippen LogP contribution in [0.25, 0.3) is 5.70 Å². The van der Waals surface area contributed by atoms with Gasteiger partial charge in [-0.15, -0.1) is 0 Å². The van der Waals surface area contributed by atoms with Crippen LogP contribution in [0.5, 0.6) is 0 Å². The molecule has 1 amide bonds. The van der Waals surface area contributed by atoms with E-state index in [2.05, 4.69) is 4.99 Å². The zero-order valence-corrected chi connectivity index (χ0v) is 14.0. The van der Waals surface area contributed by atoms with Gasteiger partial charge in [0.25, 0.3) is 0 Å². The summed E-state index contributed by atoms with van der Waals surface area (Å²) in [6.07, 6.45) is 2.13. The van der Waals surface area contributed by atoms with Crippen LogP contribution in [0.2, 0.25) is 0 Å². The molecule has 25 heavy (non-hydrogen) atoms. The normalized spacial score (nSPS) is 17.3. The lowest BCUT2D eigenvalue weighted by Crippen LogP contribution is -2.39. The van der Waals surface area contributed by atoms with Crippen molar-refractivity contribution in [3.8, 4) is 0 Å². The molecule has 3 nitrogen and oxygen atoms in total. The first-order valence-electron chi connectivity index (χ1n) is 8.04. The van der Waals surface area contributed by atoms with Gasteiger partial charge in [0.15, 0.2) is 0 Å². The highest BCUT2D eigenvalue weighted by molar-refractivity contribution is 6.13. The van der Waals surface area contributed by atoms with Gasteiger partial charge in [0, 0.05) is 5.56 Å². The summed E-state index contributed by atoms with van der Waals surface area (Å²) < 4.78 is 26.5. The molecule has 128 valence electrons. The standard InChI is InChI=1S/C20H18F2N2O/c1-13(2)20-23-18(14-3-7-16(21)8-4-14)11-19(24(20)12-25)15-5-9-17(22)10-6-15/h3-13,20H,1-2H3. The number of benzene rings is 2. The fourth-order valence-electron chi connectivity index (χ4n) is 2.81. The predicted molar refractivity (Wildman–Crippen MR) is 93.8 cm³/mol. The van der Waals surface area contributed by atoms with Crippen LogP contribution in [-0.2, 0) is 4.79 Å². The Morgan fingerprint density at radius 2 is 1.48 bits per heavy atom. The summed E-state index contributed by atoms with van der Waals surface area (Å²) in [5.41, 5.74) is 2.78. The van der Waals surface area contributed by atoms with Gasteiger partial charge in [-0.1, -0.05) is 13.8 Å². The molecule has 0 aromatic heterocycles. The molecule has 0 fully saturated rings. The predicted octanol–water partition coefficient (Wildman–Crippen LogP) is 4.25. The van der Waals surface area contributed by atoms with E-state index in [1.807, 2.05) is 13.8 Å². The lowest BCUT2D eigenvalue weighted by Gasteiger charge is -2.34. The van der Waals surface area contributed by atoms with Gasteiger partial charge in [-0.3, -0.25) is 14.7 Å². The topological polar surface area (TPSA) is 32.7 Å². The van der Waals surface area contributed by atoms with E-state index in [1.165, 1.54) is 24.3 Å². The van der Waals surface area contributed by atoms with Crippen LogP contribution >= 0.6 is 0 Å². The van der Waals surface area contributed by atoms with Gasteiger partial charge >= 0.3 is 0 Å². The highest BCUT2D eigenvalue weighted by Crippen LogP contribution is 2.29. The summed E-state index contributed by atoms with van der Waals surface area (Å²) in [7, 11) is 0. The number of nitrogens with zero attached hydrogens (tertiary/aromatic N) is 2. The van der Waals surface area contributed by atoms with E-state index in [0.29, 0.717) is 17.0 Å². The van der Waals surface area contributed by atoms with E-state index in [9.17, 15) is 13.6 Å². The molecule has 1 aliphatic rings. The molecule has 2 aromatic rings. The van der Waals surface area contributed by atoms with Crippen LogP contribution < -0.4 is 0 Å². The van der Waals surface area contributed by atoms with Crippen LogP contribution in [-0.4, -0.2) is 23.2 Å². The summed E-state index contributed by atoms with van der Waals surface area (Å²) >= 11 is 0. The lowest BCUT2D eigenvalue weighted by atomic mass is 9.99. The van der Waals surface area contributed by atoms with Crippen LogP contribution in [0, 0.1) is 17.6 Å². The Kier molecular flexibility index (Phi) is 4.74. The molecule has 2 aromatic carbocycles. The molecule has 0 N–H and O–H groups in total. The number of aliphatic imine (C=N–C) groups is 1. The molecule has 0 spiro atoms. The van der Waals surface area contributed by atoms with Crippen LogP contribution in [0.3, 0.4) is 0 Å². The number of carbonyl (C=O) groups is 1. The van der Waals surface area contributed by atoms with Gasteiger partial charge in [-0.2, -0.15) is 0 Å². The third kappa shape index (κ3) is 3.50. The van der Waals surface area contributed by atoms with Crippen molar-refractivity contribution in [2.75, 3.05) is 0 Å². The highest BCUT2D eigenvalue weighted by Gasteiger charge is 2.28. The molecule has 1 unspecified atom stereocenters. The average Bonchev–Trinajstić information content (AvgIpc) is 2.62. The summed E-state index contributed by atoms with van der Waals surface area (Å²) in [6, 6.07) is 12.0. The van der Waals surface area contributed by atoms with E-state index >= 15 is 0 Å². The first kappa shape index (κ1) is 17.0. The average molecular weight is 340 g/mol. The number of allylic oxidation sites excluding steroid dienone is 1. The molecule has 0 radical (unpaired) electrons. The minimum atomic E-state index is -0.386. The molecule has 1 aliphatic heterocycles. The fourth-order valence-corrected chi connectivity index (χ4v) is 2.81. The van der Waals surface area contributed by atoms with Crippen molar-refractivity contribution >= 4 is 17.8 Å². The van der Waals surface area contributed by atoms with Gasteiger partial charge < -0.3 is 0 Å². The van der Waals surface area contributed by atoms with Gasteiger partial charge in [-0.05, 0) is 66.1 Å². The molecule has 0 saturated heterocycles. The molecule has 5 heteroatoms. The molecule has 1 atom stereocenters. The minimum absolute atomic E-state index is 0.0739.